The van der Waals surface area contributed by atoms with E-state index in [1.165, 1.54) is 5.56 Å². The van der Waals surface area contributed by atoms with E-state index in [0.717, 1.165) is 37.2 Å². The Labute approximate surface area is 147 Å². The van der Waals surface area contributed by atoms with Crippen molar-refractivity contribution in [3.63, 3.8) is 0 Å². The molecule has 0 N–H and O–H groups in total. The molecule has 1 fully saturated rings. The fraction of sp³-hybridized carbons (Fsp3) is 0.647. The average Bonchev–Trinajstić information content (AvgIpc) is 2.88. The third kappa shape index (κ3) is 6.11. The van der Waals surface area contributed by atoms with Gasteiger partial charge in [0.05, 0.1) is 0 Å². The Hall–Kier alpha value is -1.14. The van der Waals surface area contributed by atoms with Crippen LogP contribution in [0.4, 0.5) is 4.79 Å². The summed E-state index contributed by atoms with van der Waals surface area (Å²) in [7, 11) is 2.11. The number of amides is 1. The third-order valence-electron chi connectivity index (χ3n) is 3.75. The third-order valence-corrected chi connectivity index (χ3v) is 4.22. The lowest BCUT2D eigenvalue weighted by molar-refractivity contribution is 0.0285. The first-order valence-electron chi connectivity index (χ1n) is 8.00. The summed E-state index contributed by atoms with van der Waals surface area (Å²) >= 11 is 3.35. The Kier molecular flexibility index (Phi) is 6.03. The minimum absolute atomic E-state index is 0.195. The lowest BCUT2D eigenvalue weighted by Crippen LogP contribution is -2.36. The minimum atomic E-state index is -0.430. The van der Waals surface area contributed by atoms with Crippen molar-refractivity contribution in [2.75, 3.05) is 26.7 Å². The SMILES string of the molecule is CN(Cc1ccc(Br)nc1)C[C@H]1CCN(C(=O)OC(C)(C)C)C1. The smallest absolute Gasteiger partial charge is 0.410 e. The molecule has 5 nitrogen and oxygen atoms in total. The van der Waals surface area contributed by atoms with Gasteiger partial charge in [0.15, 0.2) is 0 Å². The summed E-state index contributed by atoms with van der Waals surface area (Å²) in [5, 5.41) is 0. The van der Waals surface area contributed by atoms with Crippen LogP contribution in [0.3, 0.4) is 0 Å². The summed E-state index contributed by atoms with van der Waals surface area (Å²) in [6.45, 7) is 9.10. The number of aromatic nitrogens is 1. The fourth-order valence-corrected chi connectivity index (χ4v) is 3.03. The van der Waals surface area contributed by atoms with Gasteiger partial charge in [0.2, 0.25) is 0 Å². The van der Waals surface area contributed by atoms with Crippen LogP contribution < -0.4 is 0 Å². The van der Waals surface area contributed by atoms with Crippen LogP contribution in [0, 0.1) is 5.92 Å². The molecule has 1 saturated heterocycles. The van der Waals surface area contributed by atoms with Crippen molar-refractivity contribution in [2.24, 2.45) is 5.92 Å². The highest BCUT2D eigenvalue weighted by Gasteiger charge is 2.30. The van der Waals surface area contributed by atoms with E-state index in [4.69, 9.17) is 4.74 Å². The molecule has 1 aromatic rings. The van der Waals surface area contributed by atoms with Gasteiger partial charge in [-0.25, -0.2) is 9.78 Å². The highest BCUT2D eigenvalue weighted by Crippen LogP contribution is 2.20. The molecule has 0 saturated carbocycles. The zero-order valence-corrected chi connectivity index (χ0v) is 16.0. The normalized spacial score (nSPS) is 18.5. The molecule has 1 amide bonds. The van der Waals surface area contributed by atoms with Gasteiger partial charge in [0.1, 0.15) is 10.2 Å². The van der Waals surface area contributed by atoms with Crippen molar-refractivity contribution in [3.8, 4) is 0 Å². The van der Waals surface area contributed by atoms with Crippen molar-refractivity contribution < 1.29 is 9.53 Å². The Morgan fingerprint density at radius 2 is 2.22 bits per heavy atom. The molecule has 0 radical (unpaired) electrons. The lowest BCUT2D eigenvalue weighted by Gasteiger charge is -2.25. The second-order valence-corrected chi connectivity index (χ2v) is 8.08. The maximum atomic E-state index is 12.1. The quantitative estimate of drug-likeness (QED) is 0.745. The molecule has 0 aliphatic carbocycles. The van der Waals surface area contributed by atoms with Crippen LogP contribution in [0.25, 0.3) is 0 Å². The van der Waals surface area contributed by atoms with Crippen LogP contribution in [-0.2, 0) is 11.3 Å². The summed E-state index contributed by atoms with van der Waals surface area (Å²) in [6.07, 6.45) is 2.73. The van der Waals surface area contributed by atoms with Crippen molar-refractivity contribution in [1.29, 1.82) is 0 Å². The van der Waals surface area contributed by atoms with Crippen LogP contribution in [0.1, 0.15) is 32.8 Å². The molecule has 0 aromatic carbocycles. The molecular weight excluding hydrogens is 358 g/mol. The van der Waals surface area contributed by atoms with E-state index in [1.807, 2.05) is 37.9 Å². The lowest BCUT2D eigenvalue weighted by atomic mass is 10.1. The number of hydrogen-bond acceptors (Lipinski definition) is 4. The van der Waals surface area contributed by atoms with Gasteiger partial charge in [-0.3, -0.25) is 0 Å². The van der Waals surface area contributed by atoms with Gasteiger partial charge in [0.25, 0.3) is 0 Å². The summed E-state index contributed by atoms with van der Waals surface area (Å²) in [6, 6.07) is 4.04. The first-order chi connectivity index (χ1) is 10.7. The molecule has 0 spiro atoms. The minimum Gasteiger partial charge on any atom is -0.444 e. The van der Waals surface area contributed by atoms with Crippen LogP contribution >= 0.6 is 15.9 Å². The highest BCUT2D eigenvalue weighted by atomic mass is 79.9. The maximum Gasteiger partial charge on any atom is 0.410 e. The Balaban J connectivity index is 1.78. The molecule has 1 aromatic heterocycles. The van der Waals surface area contributed by atoms with Crippen molar-refractivity contribution in [2.45, 2.75) is 39.3 Å². The number of likely N-dealkylation sites (tertiary alicyclic amines) is 1. The van der Waals surface area contributed by atoms with E-state index in [1.54, 1.807) is 0 Å². The standard InChI is InChI=1S/C17H26BrN3O2/c1-17(2,3)23-16(22)21-8-7-14(12-21)11-20(4)10-13-5-6-15(18)19-9-13/h5-6,9,14H,7-8,10-12H2,1-4H3/t14-/m1/s1. The molecule has 6 heteroatoms. The molecule has 128 valence electrons. The predicted molar refractivity (Wildman–Crippen MR) is 94.2 cm³/mol. The van der Waals surface area contributed by atoms with E-state index in [-0.39, 0.29) is 6.09 Å². The van der Waals surface area contributed by atoms with E-state index < -0.39 is 5.60 Å². The van der Waals surface area contributed by atoms with E-state index in [2.05, 4.69) is 38.9 Å². The number of rotatable bonds is 4. The summed E-state index contributed by atoms with van der Waals surface area (Å²) in [5.41, 5.74) is 0.762. The number of carbonyl (C=O) groups is 1. The summed E-state index contributed by atoms with van der Waals surface area (Å²) < 4.78 is 6.30. The van der Waals surface area contributed by atoms with Gasteiger partial charge in [-0.1, -0.05) is 6.07 Å². The number of halogens is 1. The van der Waals surface area contributed by atoms with E-state index >= 15 is 0 Å². The van der Waals surface area contributed by atoms with E-state index in [9.17, 15) is 4.79 Å². The van der Waals surface area contributed by atoms with Crippen LogP contribution in [0.15, 0.2) is 22.9 Å². The summed E-state index contributed by atoms with van der Waals surface area (Å²) in [5.74, 6) is 0.496. The number of hydrogen-bond donors (Lipinski definition) is 0. The first-order valence-corrected chi connectivity index (χ1v) is 8.79. The van der Waals surface area contributed by atoms with Gasteiger partial charge in [-0.05, 0) is 67.7 Å². The van der Waals surface area contributed by atoms with Crippen LogP contribution in [-0.4, -0.2) is 53.2 Å². The molecular formula is C17H26BrN3O2. The van der Waals surface area contributed by atoms with Gasteiger partial charge in [-0.15, -0.1) is 0 Å². The molecule has 1 atom stereocenters. The van der Waals surface area contributed by atoms with Gasteiger partial charge >= 0.3 is 6.09 Å². The Morgan fingerprint density at radius 1 is 1.48 bits per heavy atom. The molecule has 0 bridgehead atoms. The number of pyridine rings is 1. The second-order valence-electron chi connectivity index (χ2n) is 7.27. The monoisotopic (exact) mass is 383 g/mol. The molecule has 1 aliphatic heterocycles. The van der Waals surface area contributed by atoms with E-state index in [0.29, 0.717) is 5.92 Å². The fourth-order valence-electron chi connectivity index (χ4n) is 2.79. The number of carbonyl (C=O) groups excluding carboxylic acids is 1. The van der Waals surface area contributed by atoms with Crippen molar-refractivity contribution in [1.82, 2.24) is 14.8 Å². The maximum absolute atomic E-state index is 12.1. The van der Waals surface area contributed by atoms with Crippen molar-refractivity contribution in [3.05, 3.63) is 28.5 Å². The zero-order chi connectivity index (χ0) is 17.0. The zero-order valence-electron chi connectivity index (χ0n) is 14.4. The molecule has 23 heavy (non-hydrogen) atoms. The highest BCUT2D eigenvalue weighted by molar-refractivity contribution is 9.10. The molecule has 2 heterocycles. The van der Waals surface area contributed by atoms with Crippen molar-refractivity contribution >= 4 is 22.0 Å². The second kappa shape index (κ2) is 7.62. The number of ether oxygens (including phenoxy) is 1. The molecule has 1 aliphatic rings. The average molecular weight is 384 g/mol. The first kappa shape index (κ1) is 18.2. The Bertz CT molecular complexity index is 528. The van der Waals surface area contributed by atoms with Gasteiger partial charge < -0.3 is 14.5 Å². The van der Waals surface area contributed by atoms with Gasteiger partial charge in [-0.2, -0.15) is 0 Å². The predicted octanol–water partition coefficient (Wildman–Crippen LogP) is 3.53. The molecule has 2 rings (SSSR count). The van der Waals surface area contributed by atoms with Crippen LogP contribution in [0.5, 0.6) is 0 Å². The van der Waals surface area contributed by atoms with Crippen LogP contribution in [0.2, 0.25) is 0 Å². The van der Waals surface area contributed by atoms with Gasteiger partial charge in [0, 0.05) is 32.4 Å². The Morgan fingerprint density at radius 3 is 2.83 bits per heavy atom. The summed E-state index contributed by atoms with van der Waals surface area (Å²) in [4.78, 5) is 20.5. The number of nitrogens with zero attached hydrogens (tertiary/aromatic N) is 3. The topological polar surface area (TPSA) is 45.7 Å². The largest absolute Gasteiger partial charge is 0.444 e. The molecule has 0 unspecified atom stereocenters.